The van der Waals surface area contributed by atoms with Crippen LogP contribution in [0.4, 0.5) is 10.1 Å². The van der Waals surface area contributed by atoms with Crippen LogP contribution in [0.2, 0.25) is 0 Å². The number of morpholine rings is 1. The fraction of sp³-hybridized carbons (Fsp3) is 0.417. The van der Waals surface area contributed by atoms with Crippen LogP contribution in [0.1, 0.15) is 0 Å². The van der Waals surface area contributed by atoms with E-state index >= 15 is 0 Å². The Morgan fingerprint density at radius 3 is 2.83 bits per heavy atom. The number of halogens is 2. The van der Waals surface area contributed by atoms with E-state index in [1.807, 2.05) is 22.6 Å². The number of hydrogen-bond acceptors (Lipinski definition) is 3. The minimum absolute atomic E-state index is 0.0402. The molecule has 0 bridgehead atoms. The van der Waals surface area contributed by atoms with E-state index in [4.69, 9.17) is 4.74 Å². The Bertz CT molecular complexity index is 436. The topological polar surface area (TPSA) is 41.6 Å². The van der Waals surface area contributed by atoms with Crippen molar-refractivity contribution in [2.45, 2.75) is 0 Å². The van der Waals surface area contributed by atoms with Crippen molar-refractivity contribution < 1.29 is 13.9 Å². The van der Waals surface area contributed by atoms with Crippen LogP contribution in [0.3, 0.4) is 0 Å². The summed E-state index contributed by atoms with van der Waals surface area (Å²) in [6.45, 7) is 2.70. The Morgan fingerprint density at radius 1 is 1.44 bits per heavy atom. The van der Waals surface area contributed by atoms with Crippen LogP contribution >= 0.6 is 22.6 Å². The summed E-state index contributed by atoms with van der Waals surface area (Å²) in [4.78, 5) is 13.7. The van der Waals surface area contributed by atoms with Gasteiger partial charge in [0.2, 0.25) is 5.91 Å². The van der Waals surface area contributed by atoms with Crippen LogP contribution in [-0.4, -0.2) is 43.7 Å². The standard InChI is InChI=1S/C12H14FIN2O2/c13-9-1-2-11(10(14)7-9)15-8-12(17)16-3-5-18-6-4-16/h1-2,7,15H,3-6,8H2. The van der Waals surface area contributed by atoms with Crippen LogP contribution in [0.25, 0.3) is 0 Å². The monoisotopic (exact) mass is 364 g/mol. The van der Waals surface area contributed by atoms with Gasteiger partial charge in [-0.1, -0.05) is 0 Å². The van der Waals surface area contributed by atoms with Crippen molar-refractivity contribution >= 4 is 34.2 Å². The van der Waals surface area contributed by atoms with E-state index in [9.17, 15) is 9.18 Å². The van der Waals surface area contributed by atoms with Crippen molar-refractivity contribution in [3.8, 4) is 0 Å². The van der Waals surface area contributed by atoms with Gasteiger partial charge in [-0.3, -0.25) is 4.79 Å². The third kappa shape index (κ3) is 3.55. The third-order valence-electron chi connectivity index (χ3n) is 2.72. The van der Waals surface area contributed by atoms with Gasteiger partial charge in [-0.15, -0.1) is 0 Å². The number of nitrogens with one attached hydrogen (secondary N) is 1. The molecule has 0 unspecified atom stereocenters. The highest BCUT2D eigenvalue weighted by molar-refractivity contribution is 14.1. The molecule has 0 saturated carbocycles. The summed E-state index contributed by atoms with van der Waals surface area (Å²) in [6, 6.07) is 4.45. The highest BCUT2D eigenvalue weighted by Crippen LogP contribution is 2.18. The normalized spacial score (nSPS) is 15.6. The molecule has 1 N–H and O–H groups in total. The molecule has 1 saturated heterocycles. The number of anilines is 1. The van der Waals surface area contributed by atoms with E-state index < -0.39 is 0 Å². The maximum Gasteiger partial charge on any atom is 0.242 e. The van der Waals surface area contributed by atoms with E-state index in [1.165, 1.54) is 12.1 Å². The molecular formula is C12H14FIN2O2. The number of carbonyl (C=O) groups excluding carboxylic acids is 1. The number of nitrogens with zero attached hydrogens (tertiary/aromatic N) is 1. The molecule has 1 aromatic carbocycles. The predicted octanol–water partition coefficient (Wildman–Crippen LogP) is 1.70. The Balaban J connectivity index is 1.88. The molecule has 4 nitrogen and oxygen atoms in total. The van der Waals surface area contributed by atoms with Crippen molar-refractivity contribution in [2.24, 2.45) is 0 Å². The molecule has 6 heteroatoms. The van der Waals surface area contributed by atoms with Gasteiger partial charge in [0.1, 0.15) is 5.82 Å². The SMILES string of the molecule is O=C(CNc1ccc(F)cc1I)N1CCOCC1. The molecule has 0 spiro atoms. The summed E-state index contributed by atoms with van der Waals surface area (Å²) in [5.41, 5.74) is 0.776. The van der Waals surface area contributed by atoms with E-state index in [0.717, 1.165) is 9.26 Å². The zero-order valence-electron chi connectivity index (χ0n) is 9.79. The molecule has 1 aliphatic rings. The fourth-order valence-corrected chi connectivity index (χ4v) is 2.40. The largest absolute Gasteiger partial charge is 0.378 e. The van der Waals surface area contributed by atoms with E-state index in [-0.39, 0.29) is 18.3 Å². The maximum atomic E-state index is 12.9. The molecular weight excluding hydrogens is 350 g/mol. The van der Waals surface area contributed by atoms with Gasteiger partial charge < -0.3 is 15.0 Å². The summed E-state index contributed by atoms with van der Waals surface area (Å²) in [7, 11) is 0. The zero-order chi connectivity index (χ0) is 13.0. The third-order valence-corrected chi connectivity index (χ3v) is 3.62. The first-order chi connectivity index (χ1) is 8.66. The minimum atomic E-state index is -0.274. The van der Waals surface area contributed by atoms with Crippen molar-refractivity contribution in [1.29, 1.82) is 0 Å². The number of amides is 1. The van der Waals surface area contributed by atoms with Gasteiger partial charge in [-0.05, 0) is 40.8 Å². The lowest BCUT2D eigenvalue weighted by Crippen LogP contribution is -2.43. The summed E-state index contributed by atoms with van der Waals surface area (Å²) < 4.78 is 18.9. The van der Waals surface area contributed by atoms with E-state index in [0.29, 0.717) is 26.3 Å². The van der Waals surface area contributed by atoms with Crippen LogP contribution in [0, 0.1) is 9.39 Å². The zero-order valence-corrected chi connectivity index (χ0v) is 11.9. The number of hydrogen-bond donors (Lipinski definition) is 1. The minimum Gasteiger partial charge on any atom is -0.378 e. The van der Waals surface area contributed by atoms with Gasteiger partial charge in [0, 0.05) is 22.3 Å². The number of rotatable bonds is 3. The van der Waals surface area contributed by atoms with Gasteiger partial charge in [0.25, 0.3) is 0 Å². The second-order valence-electron chi connectivity index (χ2n) is 3.97. The van der Waals surface area contributed by atoms with Gasteiger partial charge >= 0.3 is 0 Å². The molecule has 98 valence electrons. The first kappa shape index (κ1) is 13.5. The van der Waals surface area contributed by atoms with Gasteiger partial charge in [0.05, 0.1) is 19.8 Å². The molecule has 0 radical (unpaired) electrons. The van der Waals surface area contributed by atoms with Crippen LogP contribution in [0.15, 0.2) is 18.2 Å². The predicted molar refractivity (Wildman–Crippen MR) is 75.0 cm³/mol. The molecule has 1 amide bonds. The molecule has 0 atom stereocenters. The summed E-state index contributed by atoms with van der Waals surface area (Å²) >= 11 is 2.04. The fourth-order valence-electron chi connectivity index (χ4n) is 1.73. The first-order valence-corrected chi connectivity index (χ1v) is 6.79. The number of ether oxygens (including phenoxy) is 1. The Hall–Kier alpha value is -0.890. The summed E-state index contributed by atoms with van der Waals surface area (Å²) in [5, 5.41) is 3.03. The highest BCUT2D eigenvalue weighted by Gasteiger charge is 2.16. The number of benzene rings is 1. The van der Waals surface area contributed by atoms with Crippen molar-refractivity contribution in [3.05, 3.63) is 27.6 Å². The second-order valence-corrected chi connectivity index (χ2v) is 5.13. The van der Waals surface area contributed by atoms with Gasteiger partial charge in [-0.2, -0.15) is 0 Å². The van der Waals surface area contributed by atoms with E-state index in [2.05, 4.69) is 5.32 Å². The molecule has 0 aromatic heterocycles. The highest BCUT2D eigenvalue weighted by atomic mass is 127. The molecule has 1 fully saturated rings. The quantitative estimate of drug-likeness (QED) is 0.831. The molecule has 1 aliphatic heterocycles. The molecule has 1 aromatic rings. The second kappa shape index (κ2) is 6.33. The lowest BCUT2D eigenvalue weighted by molar-refractivity contribution is -0.133. The van der Waals surface area contributed by atoms with Crippen LogP contribution in [0.5, 0.6) is 0 Å². The molecule has 18 heavy (non-hydrogen) atoms. The van der Waals surface area contributed by atoms with Crippen molar-refractivity contribution in [2.75, 3.05) is 38.2 Å². The van der Waals surface area contributed by atoms with Crippen LogP contribution in [-0.2, 0) is 9.53 Å². The Kier molecular flexibility index (Phi) is 4.76. The van der Waals surface area contributed by atoms with Crippen molar-refractivity contribution in [3.63, 3.8) is 0 Å². The smallest absolute Gasteiger partial charge is 0.242 e. The summed E-state index contributed by atoms with van der Waals surface area (Å²) in [6.07, 6.45) is 0. The summed E-state index contributed by atoms with van der Waals surface area (Å²) in [5.74, 6) is -0.233. The average molecular weight is 364 g/mol. The number of carbonyl (C=O) groups is 1. The van der Waals surface area contributed by atoms with E-state index in [1.54, 1.807) is 11.0 Å². The first-order valence-electron chi connectivity index (χ1n) is 5.71. The van der Waals surface area contributed by atoms with Gasteiger partial charge in [0.15, 0.2) is 0 Å². The molecule has 2 rings (SSSR count). The molecule has 0 aliphatic carbocycles. The Morgan fingerprint density at radius 2 is 2.17 bits per heavy atom. The Labute approximate surface area is 119 Å². The van der Waals surface area contributed by atoms with Gasteiger partial charge in [-0.25, -0.2) is 4.39 Å². The molecule has 1 heterocycles. The average Bonchev–Trinajstić information content (AvgIpc) is 2.38. The lowest BCUT2D eigenvalue weighted by atomic mass is 10.3. The van der Waals surface area contributed by atoms with Crippen LogP contribution < -0.4 is 5.32 Å². The lowest BCUT2D eigenvalue weighted by Gasteiger charge is -2.27. The van der Waals surface area contributed by atoms with Crippen molar-refractivity contribution in [1.82, 2.24) is 4.90 Å². The maximum absolute atomic E-state index is 12.9.